The second-order valence-corrected chi connectivity index (χ2v) is 11.5. The molecular weight excluding hydrogens is 590 g/mol. The van der Waals surface area contributed by atoms with Crippen LogP contribution < -0.4 is 10.6 Å². The van der Waals surface area contributed by atoms with Crippen LogP contribution in [0.4, 0.5) is 4.79 Å². The van der Waals surface area contributed by atoms with Gasteiger partial charge in [0.05, 0.1) is 30.4 Å². The summed E-state index contributed by atoms with van der Waals surface area (Å²) in [7, 11) is 0. The van der Waals surface area contributed by atoms with Gasteiger partial charge in [0.2, 0.25) is 0 Å². The summed E-state index contributed by atoms with van der Waals surface area (Å²) in [6, 6.07) is 29.3. The molecule has 3 N–H and O–H groups in total. The lowest BCUT2D eigenvalue weighted by atomic mass is 9.99. The molecule has 3 aromatic carbocycles. The van der Waals surface area contributed by atoms with E-state index in [0.717, 1.165) is 44.2 Å². The van der Waals surface area contributed by atoms with Gasteiger partial charge in [-0.3, -0.25) is 4.79 Å². The highest BCUT2D eigenvalue weighted by molar-refractivity contribution is 7.99. The molecule has 1 saturated heterocycles. The molecule has 3 atom stereocenters. The fourth-order valence-electron chi connectivity index (χ4n) is 4.97. The molecule has 2 amide bonds. The summed E-state index contributed by atoms with van der Waals surface area (Å²) in [6.45, 7) is 2.08. The molecule has 4 aromatic rings. The number of aromatic nitrogens is 1. The number of nitrogens with one attached hydrogen (secondary N) is 2. The lowest BCUT2D eigenvalue weighted by molar-refractivity contribution is -0.245. The first-order valence-corrected chi connectivity index (χ1v) is 15.9. The van der Waals surface area contributed by atoms with Crippen molar-refractivity contribution in [3.63, 3.8) is 0 Å². The van der Waals surface area contributed by atoms with Gasteiger partial charge in [0, 0.05) is 30.5 Å². The number of benzene rings is 3. The summed E-state index contributed by atoms with van der Waals surface area (Å²) in [5.74, 6) is 0.245. The van der Waals surface area contributed by atoms with E-state index in [-0.39, 0.29) is 32.0 Å². The Morgan fingerprint density at radius 1 is 0.911 bits per heavy atom. The maximum atomic E-state index is 12.1. The Morgan fingerprint density at radius 2 is 1.71 bits per heavy atom. The molecule has 0 bridgehead atoms. The second kappa shape index (κ2) is 16.2. The summed E-state index contributed by atoms with van der Waals surface area (Å²) in [5, 5.41) is 15.7. The van der Waals surface area contributed by atoms with Gasteiger partial charge in [-0.25, -0.2) is 9.78 Å². The second-order valence-electron chi connectivity index (χ2n) is 10.5. The molecule has 0 saturated carbocycles. The molecule has 0 aliphatic carbocycles. The predicted octanol–water partition coefficient (Wildman–Crippen LogP) is 5.94. The van der Waals surface area contributed by atoms with Crippen molar-refractivity contribution in [2.45, 2.75) is 50.0 Å². The Bertz CT molecular complexity index is 1550. The van der Waals surface area contributed by atoms with Crippen molar-refractivity contribution in [2.24, 2.45) is 0 Å². The van der Waals surface area contributed by atoms with Crippen LogP contribution in [0.15, 0.2) is 102 Å². The van der Waals surface area contributed by atoms with Gasteiger partial charge in [-0.15, -0.1) is 11.8 Å². The Balaban J connectivity index is 1.29. The van der Waals surface area contributed by atoms with Crippen molar-refractivity contribution >= 4 is 23.8 Å². The van der Waals surface area contributed by atoms with E-state index in [0.29, 0.717) is 13.0 Å². The number of carbonyl (C=O) groups excluding carboxylic acids is 2. The van der Waals surface area contributed by atoms with Crippen LogP contribution in [-0.4, -0.2) is 47.1 Å². The maximum absolute atomic E-state index is 12.1. The van der Waals surface area contributed by atoms with Crippen LogP contribution in [0.1, 0.15) is 48.0 Å². The summed E-state index contributed by atoms with van der Waals surface area (Å²) in [6.07, 6.45) is 1.64. The van der Waals surface area contributed by atoms with Crippen molar-refractivity contribution in [3.05, 3.63) is 119 Å². The third-order valence-corrected chi connectivity index (χ3v) is 8.32. The number of ether oxygens (including phenoxy) is 3. The molecule has 3 unspecified atom stereocenters. The van der Waals surface area contributed by atoms with Gasteiger partial charge >= 0.3 is 12.0 Å². The third-order valence-electron chi connectivity index (χ3n) is 7.24. The standard InChI is InChI=1S/C35H37N3O6S/c1-2-42-33(40)21-38-35(41)37-20-25-7-5-8-27(17-25)28-9-6-10-29(18-28)34-43-30(23-45-32-11-3-4-16-36-32)19-31(44-34)26-14-12-24(22-39)13-15-26/h3-18,30-31,34,39H,2,19-23H2,1H3,(H2,37,38,41). The molecule has 1 aromatic heterocycles. The summed E-state index contributed by atoms with van der Waals surface area (Å²) < 4.78 is 17.9. The van der Waals surface area contributed by atoms with Gasteiger partial charge in [0.25, 0.3) is 0 Å². The van der Waals surface area contributed by atoms with E-state index < -0.39 is 18.3 Å². The number of amides is 2. The van der Waals surface area contributed by atoms with Crippen LogP contribution in [0.25, 0.3) is 11.1 Å². The van der Waals surface area contributed by atoms with Crippen LogP contribution >= 0.6 is 11.8 Å². The number of rotatable bonds is 12. The number of nitrogens with zero attached hydrogens (tertiary/aromatic N) is 1. The Labute approximate surface area is 267 Å². The SMILES string of the molecule is CCOC(=O)CNC(=O)NCc1cccc(-c2cccc(C3OC(CSc4ccccn4)CC(c4ccc(CO)cc4)O3)c2)c1. The number of carbonyl (C=O) groups is 2. The normalized spacial score (nSPS) is 17.8. The van der Waals surface area contributed by atoms with Crippen molar-refractivity contribution < 1.29 is 28.9 Å². The molecule has 1 aliphatic rings. The van der Waals surface area contributed by atoms with Crippen molar-refractivity contribution in [1.29, 1.82) is 0 Å². The van der Waals surface area contributed by atoms with Crippen LogP contribution in [0.2, 0.25) is 0 Å². The van der Waals surface area contributed by atoms with Crippen molar-refractivity contribution in [1.82, 2.24) is 15.6 Å². The van der Waals surface area contributed by atoms with E-state index in [1.807, 2.05) is 84.9 Å². The first-order valence-electron chi connectivity index (χ1n) is 14.9. The summed E-state index contributed by atoms with van der Waals surface area (Å²) >= 11 is 1.66. The summed E-state index contributed by atoms with van der Waals surface area (Å²) in [5.41, 5.74) is 5.67. The lowest BCUT2D eigenvalue weighted by Crippen LogP contribution is -2.38. The Hall–Kier alpha value is -4.22. The van der Waals surface area contributed by atoms with Crippen LogP contribution in [-0.2, 0) is 32.2 Å². The number of aliphatic hydroxyl groups is 1. The zero-order chi connectivity index (χ0) is 31.4. The van der Waals surface area contributed by atoms with Gasteiger partial charge in [-0.05, 0) is 59.0 Å². The van der Waals surface area contributed by atoms with E-state index in [9.17, 15) is 14.7 Å². The highest BCUT2D eigenvalue weighted by atomic mass is 32.2. The lowest BCUT2D eigenvalue weighted by Gasteiger charge is -2.36. The molecule has 9 nitrogen and oxygen atoms in total. The Morgan fingerprint density at radius 3 is 2.47 bits per heavy atom. The maximum Gasteiger partial charge on any atom is 0.325 e. The van der Waals surface area contributed by atoms with Crippen LogP contribution in [0.3, 0.4) is 0 Å². The predicted molar refractivity (Wildman–Crippen MR) is 172 cm³/mol. The number of pyridine rings is 1. The number of urea groups is 1. The minimum Gasteiger partial charge on any atom is -0.465 e. The fraction of sp³-hybridized carbons (Fsp3) is 0.286. The first-order chi connectivity index (χ1) is 22.0. The highest BCUT2D eigenvalue weighted by Gasteiger charge is 2.32. The van der Waals surface area contributed by atoms with Crippen molar-refractivity contribution in [3.8, 4) is 11.1 Å². The van der Waals surface area contributed by atoms with Crippen LogP contribution in [0, 0.1) is 0 Å². The molecule has 234 valence electrons. The minimum absolute atomic E-state index is 0.00633. The average Bonchev–Trinajstić information content (AvgIpc) is 3.09. The number of hydrogen-bond donors (Lipinski definition) is 3. The van der Waals surface area contributed by atoms with Crippen LogP contribution in [0.5, 0.6) is 0 Å². The molecule has 0 radical (unpaired) electrons. The molecule has 0 spiro atoms. The number of aliphatic hydroxyl groups excluding tert-OH is 1. The average molecular weight is 628 g/mol. The van der Waals surface area contributed by atoms with Crippen molar-refractivity contribution in [2.75, 3.05) is 18.9 Å². The fourth-order valence-corrected chi connectivity index (χ4v) is 5.85. The van der Waals surface area contributed by atoms with Gasteiger partial charge in [0.15, 0.2) is 6.29 Å². The molecule has 10 heteroatoms. The molecule has 5 rings (SSSR count). The molecule has 2 heterocycles. The monoisotopic (exact) mass is 627 g/mol. The van der Waals surface area contributed by atoms with Gasteiger partial charge in [0.1, 0.15) is 6.54 Å². The smallest absolute Gasteiger partial charge is 0.325 e. The first kappa shape index (κ1) is 32.2. The van der Waals surface area contributed by atoms with E-state index in [2.05, 4.69) is 21.7 Å². The van der Waals surface area contributed by atoms with E-state index in [1.165, 1.54) is 0 Å². The zero-order valence-corrected chi connectivity index (χ0v) is 25.9. The largest absolute Gasteiger partial charge is 0.465 e. The number of thioether (sulfide) groups is 1. The highest BCUT2D eigenvalue weighted by Crippen LogP contribution is 2.40. The molecule has 1 aliphatic heterocycles. The van der Waals surface area contributed by atoms with E-state index in [4.69, 9.17) is 14.2 Å². The minimum atomic E-state index is -0.580. The summed E-state index contributed by atoms with van der Waals surface area (Å²) in [4.78, 5) is 28.1. The molecular formula is C35H37N3O6S. The topological polar surface area (TPSA) is 119 Å². The third kappa shape index (κ3) is 9.39. The quantitative estimate of drug-likeness (QED) is 0.130. The molecule has 45 heavy (non-hydrogen) atoms. The zero-order valence-electron chi connectivity index (χ0n) is 25.1. The van der Waals surface area contributed by atoms with E-state index in [1.54, 1.807) is 24.9 Å². The van der Waals surface area contributed by atoms with Gasteiger partial charge in [-0.1, -0.05) is 66.7 Å². The van der Waals surface area contributed by atoms with Gasteiger partial charge in [-0.2, -0.15) is 0 Å². The van der Waals surface area contributed by atoms with E-state index >= 15 is 0 Å². The molecule has 1 fully saturated rings. The Kier molecular flexibility index (Phi) is 11.6. The number of hydrogen-bond acceptors (Lipinski definition) is 8. The van der Waals surface area contributed by atoms with Gasteiger partial charge < -0.3 is 30.0 Å². The number of esters is 1.